The van der Waals surface area contributed by atoms with E-state index in [9.17, 15) is 14.4 Å². The SMILES string of the molecule is CCCn1c(S[C@@H](C)C(=O)NC(=O)NC(C)(C)C)nc2cc(Cl)ccc2c1=O. The Bertz CT molecular complexity index is 953. The number of carbonyl (C=O) groups is 2. The Morgan fingerprint density at radius 3 is 2.61 bits per heavy atom. The van der Waals surface area contributed by atoms with Crippen molar-refractivity contribution in [3.8, 4) is 0 Å². The molecule has 3 amide bonds. The van der Waals surface area contributed by atoms with Crippen LogP contribution in [0, 0.1) is 0 Å². The quantitative estimate of drug-likeness (QED) is 0.565. The number of carbonyl (C=O) groups excluding carboxylic acids is 2. The Hall–Kier alpha value is -2.06. The zero-order chi connectivity index (χ0) is 21.1. The van der Waals surface area contributed by atoms with Crippen molar-refractivity contribution < 1.29 is 9.59 Å². The first-order valence-electron chi connectivity index (χ1n) is 9.01. The van der Waals surface area contributed by atoms with Gasteiger partial charge in [0, 0.05) is 17.1 Å². The molecule has 1 aromatic carbocycles. The summed E-state index contributed by atoms with van der Waals surface area (Å²) in [6.45, 7) is 9.56. The van der Waals surface area contributed by atoms with Crippen LogP contribution in [-0.4, -0.2) is 32.3 Å². The second-order valence-electron chi connectivity index (χ2n) is 7.47. The van der Waals surface area contributed by atoms with Gasteiger partial charge in [0.1, 0.15) is 0 Å². The number of nitrogens with zero attached hydrogens (tertiary/aromatic N) is 2. The zero-order valence-electron chi connectivity index (χ0n) is 16.6. The van der Waals surface area contributed by atoms with Crippen molar-refractivity contribution in [1.82, 2.24) is 20.2 Å². The van der Waals surface area contributed by atoms with Crippen molar-refractivity contribution >= 4 is 46.2 Å². The number of rotatable bonds is 5. The summed E-state index contributed by atoms with van der Waals surface area (Å²) < 4.78 is 1.56. The van der Waals surface area contributed by atoms with E-state index >= 15 is 0 Å². The van der Waals surface area contributed by atoms with Crippen LogP contribution < -0.4 is 16.2 Å². The summed E-state index contributed by atoms with van der Waals surface area (Å²) in [7, 11) is 0. The normalized spacial score (nSPS) is 12.6. The first-order chi connectivity index (χ1) is 13.0. The maximum atomic E-state index is 12.8. The average Bonchev–Trinajstić information content (AvgIpc) is 2.56. The van der Waals surface area contributed by atoms with Crippen molar-refractivity contribution in [2.75, 3.05) is 0 Å². The van der Waals surface area contributed by atoms with Crippen LogP contribution >= 0.6 is 23.4 Å². The highest BCUT2D eigenvalue weighted by molar-refractivity contribution is 8.00. The summed E-state index contributed by atoms with van der Waals surface area (Å²) in [5.41, 5.74) is -0.156. The van der Waals surface area contributed by atoms with Gasteiger partial charge in [0.05, 0.1) is 16.2 Å². The molecule has 0 saturated carbocycles. The van der Waals surface area contributed by atoms with Gasteiger partial charge in [-0.1, -0.05) is 30.3 Å². The fourth-order valence-corrected chi connectivity index (χ4v) is 3.58. The summed E-state index contributed by atoms with van der Waals surface area (Å²) >= 11 is 7.16. The first kappa shape index (κ1) is 22.2. The molecule has 9 heteroatoms. The van der Waals surface area contributed by atoms with Crippen molar-refractivity contribution in [2.24, 2.45) is 0 Å². The fourth-order valence-electron chi connectivity index (χ4n) is 2.48. The van der Waals surface area contributed by atoms with Gasteiger partial charge < -0.3 is 5.32 Å². The third-order valence-electron chi connectivity index (χ3n) is 3.71. The number of urea groups is 1. The van der Waals surface area contributed by atoms with Gasteiger partial charge in [-0.15, -0.1) is 0 Å². The molecule has 2 N–H and O–H groups in total. The highest BCUT2D eigenvalue weighted by atomic mass is 35.5. The van der Waals surface area contributed by atoms with Crippen molar-refractivity contribution in [3.63, 3.8) is 0 Å². The molecular formula is C19H25ClN4O3S. The summed E-state index contributed by atoms with van der Waals surface area (Å²) in [5.74, 6) is -0.463. The zero-order valence-corrected chi connectivity index (χ0v) is 18.2. The maximum absolute atomic E-state index is 12.8. The van der Waals surface area contributed by atoms with E-state index in [1.54, 1.807) is 29.7 Å². The molecule has 1 aromatic heterocycles. The van der Waals surface area contributed by atoms with E-state index in [0.29, 0.717) is 27.6 Å². The Kier molecular flexibility index (Phi) is 7.11. The lowest BCUT2D eigenvalue weighted by molar-refractivity contribution is -0.119. The number of thioether (sulfide) groups is 1. The minimum Gasteiger partial charge on any atom is -0.333 e. The Morgan fingerprint density at radius 1 is 1.32 bits per heavy atom. The molecule has 1 atom stereocenters. The number of amides is 3. The van der Waals surface area contributed by atoms with E-state index < -0.39 is 22.7 Å². The van der Waals surface area contributed by atoms with Gasteiger partial charge in [0.15, 0.2) is 5.16 Å². The third kappa shape index (κ3) is 5.72. The molecule has 0 saturated heterocycles. The Labute approximate surface area is 173 Å². The predicted octanol–water partition coefficient (Wildman–Crippen LogP) is 3.56. The number of aromatic nitrogens is 2. The topological polar surface area (TPSA) is 93.1 Å². The molecule has 0 spiro atoms. The van der Waals surface area contributed by atoms with E-state index in [-0.39, 0.29) is 5.56 Å². The van der Waals surface area contributed by atoms with Gasteiger partial charge >= 0.3 is 6.03 Å². The molecule has 0 unspecified atom stereocenters. The minimum atomic E-state index is -0.627. The summed E-state index contributed by atoms with van der Waals surface area (Å²) in [5, 5.41) is 5.74. The van der Waals surface area contributed by atoms with Crippen molar-refractivity contribution in [3.05, 3.63) is 33.6 Å². The minimum absolute atomic E-state index is 0.177. The number of fused-ring (bicyclic) bond motifs is 1. The summed E-state index contributed by atoms with van der Waals surface area (Å²) in [6, 6.07) is 4.37. The van der Waals surface area contributed by atoms with Gasteiger partial charge in [-0.05, 0) is 52.3 Å². The molecule has 28 heavy (non-hydrogen) atoms. The highest BCUT2D eigenvalue weighted by Crippen LogP contribution is 2.24. The van der Waals surface area contributed by atoms with Gasteiger partial charge in [0.25, 0.3) is 5.56 Å². The lowest BCUT2D eigenvalue weighted by Gasteiger charge is -2.21. The Balaban J connectivity index is 2.28. The van der Waals surface area contributed by atoms with Crippen LogP contribution in [0.15, 0.2) is 28.2 Å². The number of hydrogen-bond acceptors (Lipinski definition) is 5. The molecule has 152 valence electrons. The molecule has 0 aliphatic carbocycles. The van der Waals surface area contributed by atoms with Crippen molar-refractivity contribution in [1.29, 1.82) is 0 Å². The van der Waals surface area contributed by atoms with Gasteiger partial charge in [-0.25, -0.2) is 9.78 Å². The van der Waals surface area contributed by atoms with Gasteiger partial charge in [0.2, 0.25) is 5.91 Å². The first-order valence-corrected chi connectivity index (χ1v) is 10.3. The van der Waals surface area contributed by atoms with Crippen LogP contribution in [0.25, 0.3) is 10.9 Å². The van der Waals surface area contributed by atoms with Crippen LogP contribution in [0.4, 0.5) is 4.79 Å². The molecule has 2 aromatic rings. The monoisotopic (exact) mass is 424 g/mol. The highest BCUT2D eigenvalue weighted by Gasteiger charge is 2.22. The van der Waals surface area contributed by atoms with Crippen LogP contribution in [0.5, 0.6) is 0 Å². The number of halogens is 1. The van der Waals surface area contributed by atoms with E-state index in [1.165, 1.54) is 0 Å². The van der Waals surface area contributed by atoms with E-state index in [4.69, 9.17) is 11.6 Å². The number of imide groups is 1. The largest absolute Gasteiger partial charge is 0.333 e. The fraction of sp³-hybridized carbons (Fsp3) is 0.474. The maximum Gasteiger partial charge on any atom is 0.321 e. The lowest BCUT2D eigenvalue weighted by atomic mass is 10.1. The van der Waals surface area contributed by atoms with Crippen LogP contribution in [-0.2, 0) is 11.3 Å². The van der Waals surface area contributed by atoms with Gasteiger partial charge in [-0.2, -0.15) is 0 Å². The second-order valence-corrected chi connectivity index (χ2v) is 9.21. The average molecular weight is 425 g/mol. The number of hydrogen-bond donors (Lipinski definition) is 2. The summed E-state index contributed by atoms with van der Waals surface area (Å²) in [4.78, 5) is 41.7. The molecule has 1 heterocycles. The summed E-state index contributed by atoms with van der Waals surface area (Å²) in [6.07, 6.45) is 0.739. The molecular weight excluding hydrogens is 400 g/mol. The van der Waals surface area contributed by atoms with E-state index in [2.05, 4.69) is 15.6 Å². The number of benzene rings is 1. The molecule has 0 aliphatic rings. The standard InChI is InChI=1S/C19H25ClN4O3S/c1-6-9-24-16(26)13-8-7-12(20)10-14(13)21-18(24)28-11(2)15(25)22-17(27)23-19(3,4)5/h7-8,10-11H,6,9H2,1-5H3,(H2,22,23,25,27)/t11-/m0/s1. The Morgan fingerprint density at radius 2 is 2.00 bits per heavy atom. The molecule has 0 fully saturated rings. The smallest absolute Gasteiger partial charge is 0.321 e. The lowest BCUT2D eigenvalue weighted by Crippen LogP contribution is -2.49. The molecule has 0 bridgehead atoms. The van der Waals surface area contributed by atoms with Crippen LogP contribution in [0.1, 0.15) is 41.0 Å². The van der Waals surface area contributed by atoms with E-state index in [1.807, 2.05) is 27.7 Å². The predicted molar refractivity (Wildman–Crippen MR) is 113 cm³/mol. The van der Waals surface area contributed by atoms with Crippen molar-refractivity contribution in [2.45, 2.75) is 63.5 Å². The number of nitrogens with one attached hydrogen (secondary N) is 2. The van der Waals surface area contributed by atoms with Crippen LogP contribution in [0.2, 0.25) is 5.02 Å². The second kappa shape index (κ2) is 8.96. The molecule has 0 aliphatic heterocycles. The molecule has 0 radical (unpaired) electrons. The van der Waals surface area contributed by atoms with E-state index in [0.717, 1.165) is 18.2 Å². The molecule has 2 rings (SSSR count). The third-order valence-corrected chi connectivity index (χ3v) is 5.03. The van der Waals surface area contributed by atoms with Gasteiger partial charge in [-0.3, -0.25) is 19.5 Å². The van der Waals surface area contributed by atoms with Crippen LogP contribution in [0.3, 0.4) is 0 Å². The molecule has 7 nitrogen and oxygen atoms in total.